The van der Waals surface area contributed by atoms with Gasteiger partial charge in [0.25, 0.3) is 15.9 Å². The van der Waals surface area contributed by atoms with Gasteiger partial charge in [-0.1, -0.05) is 6.07 Å². The Labute approximate surface area is 152 Å². The number of likely N-dealkylation sites (tertiary alicyclic amines) is 1. The monoisotopic (exact) mass is 376 g/mol. The summed E-state index contributed by atoms with van der Waals surface area (Å²) in [7, 11) is -3.89. The molecule has 2 aromatic carbocycles. The van der Waals surface area contributed by atoms with Gasteiger partial charge in [-0.05, 0) is 68.1 Å². The predicted molar refractivity (Wildman–Crippen MR) is 98.1 cm³/mol. The van der Waals surface area contributed by atoms with E-state index in [4.69, 9.17) is 0 Å². The Hall–Kier alpha value is -2.41. The van der Waals surface area contributed by atoms with Crippen LogP contribution >= 0.6 is 0 Å². The summed E-state index contributed by atoms with van der Waals surface area (Å²) in [6, 6.07) is 9.77. The van der Waals surface area contributed by atoms with Crippen molar-refractivity contribution < 1.29 is 17.6 Å². The Morgan fingerprint density at radius 1 is 1.04 bits per heavy atom. The van der Waals surface area contributed by atoms with E-state index in [0.717, 1.165) is 19.3 Å². The third kappa shape index (κ3) is 4.04. The van der Waals surface area contributed by atoms with E-state index >= 15 is 0 Å². The first-order valence-electron chi connectivity index (χ1n) is 8.55. The predicted octanol–water partition coefficient (Wildman–Crippen LogP) is 3.56. The number of carbonyl (C=O) groups is 1. The minimum Gasteiger partial charge on any atom is -0.339 e. The lowest BCUT2D eigenvalue weighted by Gasteiger charge is -2.27. The first-order valence-corrected chi connectivity index (χ1v) is 10.0. The zero-order chi connectivity index (χ0) is 18.7. The first-order chi connectivity index (χ1) is 12.4. The fraction of sp³-hybridized carbons (Fsp3) is 0.316. The second kappa shape index (κ2) is 7.45. The molecule has 0 unspecified atom stereocenters. The van der Waals surface area contributed by atoms with Crippen LogP contribution in [0.3, 0.4) is 0 Å². The number of sulfonamides is 1. The lowest BCUT2D eigenvalue weighted by molar-refractivity contribution is 0.0724. The van der Waals surface area contributed by atoms with Crippen LogP contribution in [-0.2, 0) is 10.0 Å². The maximum atomic E-state index is 13.0. The van der Waals surface area contributed by atoms with Gasteiger partial charge in [0.05, 0.1) is 4.90 Å². The number of hydrogen-bond donors (Lipinski definition) is 1. The number of halogens is 1. The zero-order valence-corrected chi connectivity index (χ0v) is 15.4. The van der Waals surface area contributed by atoms with Crippen molar-refractivity contribution in [3.05, 3.63) is 59.4 Å². The molecule has 0 radical (unpaired) electrons. The molecule has 0 saturated carbocycles. The number of hydrogen-bond acceptors (Lipinski definition) is 3. The Kier molecular flexibility index (Phi) is 5.27. The average Bonchev–Trinajstić information content (AvgIpc) is 2.64. The Balaban J connectivity index is 1.88. The van der Waals surface area contributed by atoms with Gasteiger partial charge in [-0.15, -0.1) is 0 Å². The molecular weight excluding hydrogens is 355 g/mol. The number of aryl methyl sites for hydroxylation is 1. The van der Waals surface area contributed by atoms with Gasteiger partial charge in [-0.2, -0.15) is 0 Å². The summed E-state index contributed by atoms with van der Waals surface area (Å²) in [6.45, 7) is 3.07. The summed E-state index contributed by atoms with van der Waals surface area (Å²) in [5.41, 5.74) is 1.16. The van der Waals surface area contributed by atoms with Crippen LogP contribution in [-0.4, -0.2) is 32.3 Å². The van der Waals surface area contributed by atoms with E-state index in [9.17, 15) is 17.6 Å². The summed E-state index contributed by atoms with van der Waals surface area (Å²) in [5.74, 6) is -0.596. The van der Waals surface area contributed by atoms with Gasteiger partial charge < -0.3 is 4.90 Å². The third-order valence-electron chi connectivity index (χ3n) is 4.46. The van der Waals surface area contributed by atoms with Crippen LogP contribution in [0, 0.1) is 12.7 Å². The van der Waals surface area contributed by atoms with Crippen LogP contribution in [0.5, 0.6) is 0 Å². The van der Waals surface area contributed by atoms with Gasteiger partial charge in [0.2, 0.25) is 0 Å². The van der Waals surface area contributed by atoms with Crippen LogP contribution in [0.2, 0.25) is 0 Å². The molecule has 1 aliphatic heterocycles. The summed E-state index contributed by atoms with van der Waals surface area (Å²) >= 11 is 0. The molecule has 5 nitrogen and oxygen atoms in total. The maximum Gasteiger partial charge on any atom is 0.262 e. The van der Waals surface area contributed by atoms with Crippen molar-refractivity contribution in [1.29, 1.82) is 0 Å². The molecule has 138 valence electrons. The topological polar surface area (TPSA) is 66.5 Å². The van der Waals surface area contributed by atoms with Crippen LogP contribution < -0.4 is 4.72 Å². The smallest absolute Gasteiger partial charge is 0.262 e. The number of nitrogens with one attached hydrogen (secondary N) is 1. The van der Waals surface area contributed by atoms with E-state index in [1.165, 1.54) is 30.3 Å². The van der Waals surface area contributed by atoms with Crippen molar-refractivity contribution in [3.63, 3.8) is 0 Å². The highest BCUT2D eigenvalue weighted by Gasteiger charge is 2.22. The van der Waals surface area contributed by atoms with E-state index in [0.29, 0.717) is 24.2 Å². The van der Waals surface area contributed by atoms with Crippen molar-refractivity contribution in [3.8, 4) is 0 Å². The van der Waals surface area contributed by atoms with Gasteiger partial charge in [-0.25, -0.2) is 12.8 Å². The second-order valence-corrected chi connectivity index (χ2v) is 8.10. The summed E-state index contributed by atoms with van der Waals surface area (Å²) in [5, 5.41) is 0. The van der Waals surface area contributed by atoms with E-state index in [2.05, 4.69) is 4.72 Å². The van der Waals surface area contributed by atoms with Crippen molar-refractivity contribution >= 4 is 21.6 Å². The van der Waals surface area contributed by atoms with Crippen molar-refractivity contribution in [2.75, 3.05) is 17.8 Å². The summed E-state index contributed by atoms with van der Waals surface area (Å²) in [4.78, 5) is 14.5. The molecule has 26 heavy (non-hydrogen) atoms. The molecule has 1 amide bonds. The SMILES string of the molecule is Cc1ccc(C(=O)N2CCCCC2)cc1S(=O)(=O)Nc1ccc(F)cc1. The van der Waals surface area contributed by atoms with Crippen LogP contribution in [0.1, 0.15) is 35.2 Å². The minimum absolute atomic E-state index is 0.0460. The normalized spacial score (nSPS) is 14.9. The molecule has 2 aromatic rings. The standard InChI is InChI=1S/C19H21FN2O3S/c1-14-5-6-15(19(23)22-11-3-2-4-12-22)13-18(14)26(24,25)21-17-9-7-16(20)8-10-17/h5-10,13,21H,2-4,11-12H2,1H3. The fourth-order valence-corrected chi connectivity index (χ4v) is 4.36. The van der Waals surface area contributed by atoms with Gasteiger partial charge in [-0.3, -0.25) is 9.52 Å². The molecule has 0 aliphatic carbocycles. The highest BCUT2D eigenvalue weighted by atomic mass is 32.2. The fourth-order valence-electron chi connectivity index (χ4n) is 3.03. The molecular formula is C19H21FN2O3S. The van der Waals surface area contributed by atoms with Crippen LogP contribution in [0.15, 0.2) is 47.4 Å². The Morgan fingerprint density at radius 2 is 1.69 bits per heavy atom. The van der Waals surface area contributed by atoms with Gasteiger partial charge in [0, 0.05) is 24.3 Å². The van der Waals surface area contributed by atoms with Crippen LogP contribution in [0.25, 0.3) is 0 Å². The minimum atomic E-state index is -3.89. The third-order valence-corrected chi connectivity index (χ3v) is 5.99. The number of piperidine rings is 1. The summed E-state index contributed by atoms with van der Waals surface area (Å²) < 4.78 is 40.9. The van der Waals surface area contributed by atoms with Crippen molar-refractivity contribution in [2.24, 2.45) is 0 Å². The zero-order valence-electron chi connectivity index (χ0n) is 14.5. The number of benzene rings is 2. The maximum absolute atomic E-state index is 13.0. The van der Waals surface area contributed by atoms with E-state index in [1.54, 1.807) is 24.0 Å². The lowest BCUT2D eigenvalue weighted by atomic mass is 10.1. The number of nitrogens with zero attached hydrogens (tertiary/aromatic N) is 1. The lowest BCUT2D eigenvalue weighted by Crippen LogP contribution is -2.35. The molecule has 0 bridgehead atoms. The molecule has 3 rings (SSSR count). The quantitative estimate of drug-likeness (QED) is 0.887. The summed E-state index contributed by atoms with van der Waals surface area (Å²) in [6.07, 6.45) is 3.04. The molecule has 7 heteroatoms. The number of anilines is 1. The first kappa shape index (κ1) is 18.4. The number of amides is 1. The Morgan fingerprint density at radius 3 is 2.35 bits per heavy atom. The molecule has 1 heterocycles. The molecule has 1 fully saturated rings. The van der Waals surface area contributed by atoms with Gasteiger partial charge in [0.15, 0.2) is 0 Å². The highest BCUT2D eigenvalue weighted by Crippen LogP contribution is 2.22. The molecule has 0 aromatic heterocycles. The molecule has 0 atom stereocenters. The average molecular weight is 376 g/mol. The van der Waals surface area contributed by atoms with Crippen molar-refractivity contribution in [2.45, 2.75) is 31.1 Å². The van der Waals surface area contributed by atoms with Crippen LogP contribution in [0.4, 0.5) is 10.1 Å². The highest BCUT2D eigenvalue weighted by molar-refractivity contribution is 7.92. The van der Waals surface area contributed by atoms with E-state index in [-0.39, 0.29) is 16.5 Å². The number of rotatable bonds is 4. The van der Waals surface area contributed by atoms with E-state index < -0.39 is 15.8 Å². The Bertz CT molecular complexity index is 905. The second-order valence-electron chi connectivity index (χ2n) is 6.45. The van der Waals surface area contributed by atoms with Gasteiger partial charge >= 0.3 is 0 Å². The molecule has 1 aliphatic rings. The number of carbonyl (C=O) groups excluding carboxylic acids is 1. The largest absolute Gasteiger partial charge is 0.339 e. The van der Waals surface area contributed by atoms with E-state index in [1.807, 2.05) is 0 Å². The molecule has 1 saturated heterocycles. The molecule has 0 spiro atoms. The van der Waals surface area contributed by atoms with Gasteiger partial charge in [0.1, 0.15) is 5.82 Å². The van der Waals surface area contributed by atoms with Crippen molar-refractivity contribution in [1.82, 2.24) is 4.90 Å². The molecule has 1 N–H and O–H groups in total.